The molecule has 1 amide bonds. The van der Waals surface area contributed by atoms with Gasteiger partial charge in [0.05, 0.1) is 16.3 Å². The summed E-state index contributed by atoms with van der Waals surface area (Å²) in [4.78, 5) is 23.7. The van der Waals surface area contributed by atoms with Gasteiger partial charge in [0.25, 0.3) is 5.91 Å². The van der Waals surface area contributed by atoms with Gasteiger partial charge in [0.2, 0.25) is 0 Å². The SMILES string of the molecule is Cc1cccc(C(=O)OCC(=O)Nc2ccc(F)cc2Cl)c1N. The van der Waals surface area contributed by atoms with E-state index in [1.807, 2.05) is 0 Å². The largest absolute Gasteiger partial charge is 0.452 e. The molecule has 2 rings (SSSR count). The van der Waals surface area contributed by atoms with Gasteiger partial charge >= 0.3 is 5.97 Å². The van der Waals surface area contributed by atoms with Crippen LogP contribution in [0.25, 0.3) is 0 Å². The fraction of sp³-hybridized carbons (Fsp3) is 0.125. The van der Waals surface area contributed by atoms with E-state index < -0.39 is 24.3 Å². The molecule has 2 aromatic rings. The number of benzene rings is 2. The molecular formula is C16H14ClFN2O3. The minimum Gasteiger partial charge on any atom is -0.452 e. The highest BCUT2D eigenvalue weighted by Crippen LogP contribution is 2.22. The highest BCUT2D eigenvalue weighted by atomic mass is 35.5. The number of rotatable bonds is 4. The number of para-hydroxylation sites is 1. The average molecular weight is 337 g/mol. The predicted molar refractivity (Wildman–Crippen MR) is 85.9 cm³/mol. The van der Waals surface area contributed by atoms with Crippen molar-refractivity contribution in [2.75, 3.05) is 17.7 Å². The molecule has 0 saturated heterocycles. The second-order valence-electron chi connectivity index (χ2n) is 4.78. The minimum absolute atomic E-state index is 0.0487. The van der Waals surface area contributed by atoms with Crippen molar-refractivity contribution in [2.45, 2.75) is 6.92 Å². The van der Waals surface area contributed by atoms with Crippen LogP contribution in [0.4, 0.5) is 15.8 Å². The van der Waals surface area contributed by atoms with E-state index in [0.29, 0.717) is 5.69 Å². The second-order valence-corrected chi connectivity index (χ2v) is 5.19. The van der Waals surface area contributed by atoms with E-state index in [-0.39, 0.29) is 16.3 Å². The summed E-state index contributed by atoms with van der Waals surface area (Å²) < 4.78 is 17.8. The van der Waals surface area contributed by atoms with Crippen molar-refractivity contribution in [1.29, 1.82) is 0 Å². The van der Waals surface area contributed by atoms with Crippen LogP contribution in [0.2, 0.25) is 5.02 Å². The number of halogens is 2. The first kappa shape index (κ1) is 16.8. The lowest BCUT2D eigenvalue weighted by atomic mass is 10.1. The fourth-order valence-electron chi connectivity index (χ4n) is 1.84. The van der Waals surface area contributed by atoms with Crippen molar-refractivity contribution in [3.05, 3.63) is 58.4 Å². The molecule has 0 heterocycles. The van der Waals surface area contributed by atoms with Crippen LogP contribution in [0, 0.1) is 12.7 Å². The Bertz CT molecular complexity index is 765. The number of anilines is 2. The molecule has 23 heavy (non-hydrogen) atoms. The van der Waals surface area contributed by atoms with Crippen LogP contribution in [0.3, 0.4) is 0 Å². The maximum atomic E-state index is 12.9. The zero-order valence-corrected chi connectivity index (χ0v) is 13.0. The van der Waals surface area contributed by atoms with Crippen molar-refractivity contribution in [2.24, 2.45) is 0 Å². The standard InChI is InChI=1S/C16H14ClFN2O3/c1-9-3-2-4-11(15(9)19)16(22)23-8-14(21)20-13-6-5-10(18)7-12(13)17/h2-7H,8,19H2,1H3,(H,20,21). The minimum atomic E-state index is -0.702. The topological polar surface area (TPSA) is 81.4 Å². The molecule has 0 atom stereocenters. The van der Waals surface area contributed by atoms with Crippen molar-refractivity contribution < 1.29 is 18.7 Å². The molecule has 0 fully saturated rings. The van der Waals surface area contributed by atoms with Crippen LogP contribution in [-0.4, -0.2) is 18.5 Å². The molecule has 0 saturated carbocycles. The summed E-state index contributed by atoms with van der Waals surface area (Å²) in [7, 11) is 0. The molecular weight excluding hydrogens is 323 g/mol. The molecule has 0 aliphatic rings. The van der Waals surface area contributed by atoms with Crippen molar-refractivity contribution >= 4 is 34.9 Å². The summed E-state index contributed by atoms with van der Waals surface area (Å²) >= 11 is 5.79. The van der Waals surface area contributed by atoms with Crippen molar-refractivity contribution in [3.8, 4) is 0 Å². The van der Waals surface area contributed by atoms with Gasteiger partial charge in [0, 0.05) is 5.69 Å². The third kappa shape index (κ3) is 4.20. The number of hydrogen-bond acceptors (Lipinski definition) is 4. The maximum absolute atomic E-state index is 12.9. The molecule has 2 aromatic carbocycles. The van der Waals surface area contributed by atoms with E-state index in [0.717, 1.165) is 17.7 Å². The normalized spacial score (nSPS) is 10.2. The van der Waals surface area contributed by atoms with Crippen LogP contribution in [-0.2, 0) is 9.53 Å². The number of hydrogen-bond donors (Lipinski definition) is 2. The Morgan fingerprint density at radius 1 is 1.30 bits per heavy atom. The van der Waals surface area contributed by atoms with Gasteiger partial charge in [0.15, 0.2) is 6.61 Å². The van der Waals surface area contributed by atoms with Gasteiger partial charge in [0.1, 0.15) is 5.82 Å². The Morgan fingerprint density at radius 2 is 2.04 bits per heavy atom. The molecule has 0 aliphatic carbocycles. The Hall–Kier alpha value is -2.60. The van der Waals surface area contributed by atoms with Crippen molar-refractivity contribution in [1.82, 2.24) is 0 Å². The highest BCUT2D eigenvalue weighted by molar-refractivity contribution is 6.33. The third-order valence-electron chi connectivity index (χ3n) is 3.08. The van der Waals surface area contributed by atoms with Gasteiger partial charge in [-0.2, -0.15) is 0 Å². The van der Waals surface area contributed by atoms with Crippen LogP contribution in [0.1, 0.15) is 15.9 Å². The van der Waals surface area contributed by atoms with E-state index in [4.69, 9.17) is 22.1 Å². The molecule has 0 bridgehead atoms. The van der Waals surface area contributed by atoms with Gasteiger partial charge in [-0.15, -0.1) is 0 Å². The average Bonchev–Trinajstić information content (AvgIpc) is 2.50. The van der Waals surface area contributed by atoms with Crippen molar-refractivity contribution in [3.63, 3.8) is 0 Å². The lowest BCUT2D eigenvalue weighted by Crippen LogP contribution is -2.21. The maximum Gasteiger partial charge on any atom is 0.340 e. The number of aryl methyl sites for hydroxylation is 1. The Morgan fingerprint density at radius 3 is 2.74 bits per heavy atom. The number of nitrogens with one attached hydrogen (secondary N) is 1. The zero-order chi connectivity index (χ0) is 17.0. The summed E-state index contributed by atoms with van der Waals surface area (Å²) in [5.41, 5.74) is 7.25. The zero-order valence-electron chi connectivity index (χ0n) is 12.2. The lowest BCUT2D eigenvalue weighted by Gasteiger charge is -2.10. The predicted octanol–water partition coefficient (Wildman–Crippen LogP) is 3.17. The van der Waals surface area contributed by atoms with E-state index in [1.54, 1.807) is 19.1 Å². The smallest absolute Gasteiger partial charge is 0.340 e. The van der Waals surface area contributed by atoms with E-state index >= 15 is 0 Å². The molecule has 0 spiro atoms. The number of carbonyl (C=O) groups is 2. The summed E-state index contributed by atoms with van der Waals surface area (Å²) in [6, 6.07) is 8.48. The van der Waals surface area contributed by atoms with E-state index in [1.165, 1.54) is 12.1 Å². The summed E-state index contributed by atoms with van der Waals surface area (Å²) in [5.74, 6) is -1.82. The van der Waals surface area contributed by atoms with Crippen LogP contribution >= 0.6 is 11.6 Å². The number of esters is 1. The second kappa shape index (κ2) is 7.11. The van der Waals surface area contributed by atoms with Gasteiger partial charge in [-0.3, -0.25) is 4.79 Å². The first-order valence-electron chi connectivity index (χ1n) is 6.65. The fourth-order valence-corrected chi connectivity index (χ4v) is 2.06. The van der Waals surface area contributed by atoms with E-state index in [2.05, 4.69) is 5.32 Å². The molecule has 0 aliphatic heterocycles. The highest BCUT2D eigenvalue weighted by Gasteiger charge is 2.15. The first-order chi connectivity index (χ1) is 10.9. The Balaban J connectivity index is 1.96. The molecule has 0 aromatic heterocycles. The quantitative estimate of drug-likeness (QED) is 0.663. The number of nitrogen functional groups attached to an aromatic ring is 1. The van der Waals surface area contributed by atoms with Crippen LogP contribution in [0.15, 0.2) is 36.4 Å². The van der Waals surface area contributed by atoms with Gasteiger partial charge in [-0.05, 0) is 36.8 Å². The third-order valence-corrected chi connectivity index (χ3v) is 3.40. The van der Waals surface area contributed by atoms with Gasteiger partial charge in [-0.25, -0.2) is 9.18 Å². The molecule has 5 nitrogen and oxygen atoms in total. The summed E-state index contributed by atoms with van der Waals surface area (Å²) in [6.45, 7) is 1.25. The van der Waals surface area contributed by atoms with Gasteiger partial charge < -0.3 is 15.8 Å². The van der Waals surface area contributed by atoms with E-state index in [9.17, 15) is 14.0 Å². The monoisotopic (exact) mass is 336 g/mol. The number of carbonyl (C=O) groups excluding carboxylic acids is 2. The molecule has 0 unspecified atom stereocenters. The molecule has 3 N–H and O–H groups in total. The first-order valence-corrected chi connectivity index (χ1v) is 7.03. The number of nitrogens with two attached hydrogens (primary N) is 1. The lowest BCUT2D eigenvalue weighted by molar-refractivity contribution is -0.119. The molecule has 0 radical (unpaired) electrons. The molecule has 120 valence electrons. The Labute approximate surface area is 137 Å². The number of ether oxygens (including phenoxy) is 1. The van der Waals surface area contributed by atoms with Crippen LogP contribution in [0.5, 0.6) is 0 Å². The van der Waals surface area contributed by atoms with Gasteiger partial charge in [-0.1, -0.05) is 23.7 Å². The summed E-state index contributed by atoms with van der Waals surface area (Å²) in [5, 5.41) is 2.47. The number of amides is 1. The van der Waals surface area contributed by atoms with Crippen LogP contribution < -0.4 is 11.1 Å². The summed E-state index contributed by atoms with van der Waals surface area (Å²) in [6.07, 6.45) is 0. The molecule has 7 heteroatoms. The Kier molecular flexibility index (Phi) is 5.18.